The van der Waals surface area contributed by atoms with Crippen molar-refractivity contribution in [1.82, 2.24) is 9.88 Å². The summed E-state index contributed by atoms with van der Waals surface area (Å²) in [6.45, 7) is 2.52. The predicted octanol–water partition coefficient (Wildman–Crippen LogP) is 3.57. The predicted molar refractivity (Wildman–Crippen MR) is 99.7 cm³/mol. The molecule has 2 heterocycles. The molecule has 0 bridgehead atoms. The van der Waals surface area contributed by atoms with Crippen LogP contribution in [0.5, 0.6) is 0 Å². The number of pyridine rings is 1. The quantitative estimate of drug-likeness (QED) is 0.854. The number of nitrogens with one attached hydrogen (secondary N) is 1. The van der Waals surface area contributed by atoms with Gasteiger partial charge < -0.3 is 5.32 Å². The summed E-state index contributed by atoms with van der Waals surface area (Å²) in [4.78, 5) is 19.0. The van der Waals surface area contributed by atoms with Crippen molar-refractivity contribution in [2.45, 2.75) is 19.4 Å². The minimum Gasteiger partial charge on any atom is -0.310 e. The van der Waals surface area contributed by atoms with E-state index >= 15 is 0 Å². The van der Waals surface area contributed by atoms with E-state index in [1.165, 1.54) is 0 Å². The summed E-state index contributed by atoms with van der Waals surface area (Å²) in [5, 5.41) is 11.8. The van der Waals surface area contributed by atoms with E-state index in [1.54, 1.807) is 12.3 Å². The molecule has 6 heteroatoms. The van der Waals surface area contributed by atoms with Crippen LogP contribution in [0.25, 0.3) is 0 Å². The highest BCUT2D eigenvalue weighted by Gasteiger charge is 2.26. The molecule has 1 aliphatic rings. The molecule has 1 fully saturated rings. The average Bonchev–Trinajstić information content (AvgIpc) is 2.64. The Hall–Kier alpha value is -2.23. The van der Waals surface area contributed by atoms with Crippen molar-refractivity contribution in [2.24, 2.45) is 5.92 Å². The molecule has 25 heavy (non-hydrogen) atoms. The molecule has 1 aliphatic heterocycles. The first-order valence-corrected chi connectivity index (χ1v) is 9.07. The maximum absolute atomic E-state index is 12.5. The Bertz CT molecular complexity index is 768. The maximum atomic E-state index is 12.5. The van der Waals surface area contributed by atoms with Crippen molar-refractivity contribution >= 4 is 27.7 Å². The maximum Gasteiger partial charge on any atom is 0.229 e. The fourth-order valence-electron chi connectivity index (χ4n) is 3.03. The van der Waals surface area contributed by atoms with Gasteiger partial charge in [0.05, 0.1) is 17.6 Å². The van der Waals surface area contributed by atoms with Gasteiger partial charge in [-0.25, -0.2) is 4.98 Å². The fourth-order valence-corrected chi connectivity index (χ4v) is 3.27. The number of aromatic nitrogens is 1. The van der Waals surface area contributed by atoms with Crippen LogP contribution < -0.4 is 5.32 Å². The number of likely N-dealkylation sites (tertiary alicyclic amines) is 1. The zero-order valence-corrected chi connectivity index (χ0v) is 15.4. The van der Waals surface area contributed by atoms with Crippen LogP contribution in [0.2, 0.25) is 0 Å². The standard InChI is InChI=1S/C19H19BrN4O/c20-17-7-8-18(22-11-17)23-19(25)16-2-1-9-24(13-16)12-15-5-3-14(10-21)4-6-15/h3-8,11,16H,1-2,9,12-13H2,(H,22,23,25)/t16-/m0/s1. The highest BCUT2D eigenvalue weighted by Crippen LogP contribution is 2.20. The summed E-state index contributed by atoms with van der Waals surface area (Å²) in [6, 6.07) is 13.4. The van der Waals surface area contributed by atoms with E-state index in [4.69, 9.17) is 5.26 Å². The number of piperidine rings is 1. The molecule has 5 nitrogen and oxygen atoms in total. The van der Waals surface area contributed by atoms with E-state index in [0.29, 0.717) is 11.4 Å². The van der Waals surface area contributed by atoms with Gasteiger partial charge in [-0.2, -0.15) is 5.26 Å². The third kappa shape index (κ3) is 4.88. The Kier molecular flexibility index (Phi) is 5.79. The van der Waals surface area contributed by atoms with Crippen LogP contribution in [0, 0.1) is 17.2 Å². The zero-order valence-electron chi connectivity index (χ0n) is 13.8. The van der Waals surface area contributed by atoms with Gasteiger partial charge in [-0.15, -0.1) is 0 Å². The molecule has 1 amide bonds. The molecule has 1 N–H and O–H groups in total. The molecule has 0 radical (unpaired) electrons. The Balaban J connectivity index is 1.57. The Labute approximate surface area is 155 Å². The second-order valence-electron chi connectivity index (χ2n) is 6.23. The molecule has 128 valence electrons. The number of amides is 1. The number of nitrogens with zero attached hydrogens (tertiary/aromatic N) is 3. The summed E-state index contributed by atoms with van der Waals surface area (Å²) >= 11 is 3.34. The molecule has 0 aliphatic carbocycles. The third-order valence-corrected chi connectivity index (χ3v) is 4.81. The minimum absolute atomic E-state index is 0.0272. The monoisotopic (exact) mass is 398 g/mol. The van der Waals surface area contributed by atoms with Crippen LogP contribution in [0.15, 0.2) is 47.1 Å². The van der Waals surface area contributed by atoms with Gasteiger partial charge in [0.15, 0.2) is 0 Å². The summed E-state index contributed by atoms with van der Waals surface area (Å²) < 4.78 is 0.886. The summed E-state index contributed by atoms with van der Waals surface area (Å²) in [6.07, 6.45) is 3.57. The Morgan fingerprint density at radius 1 is 1.32 bits per heavy atom. The van der Waals surface area contributed by atoms with Gasteiger partial charge in [0, 0.05) is 23.8 Å². The Morgan fingerprint density at radius 2 is 2.12 bits per heavy atom. The SMILES string of the molecule is N#Cc1ccc(CN2CCC[C@H](C(=O)Nc3ccc(Br)cn3)C2)cc1. The average molecular weight is 399 g/mol. The Morgan fingerprint density at radius 3 is 2.80 bits per heavy atom. The number of rotatable bonds is 4. The van der Waals surface area contributed by atoms with E-state index in [1.807, 2.05) is 30.3 Å². The fraction of sp³-hybridized carbons (Fsp3) is 0.316. The first kappa shape index (κ1) is 17.6. The van der Waals surface area contributed by atoms with Crippen LogP contribution in [-0.2, 0) is 11.3 Å². The van der Waals surface area contributed by atoms with E-state index < -0.39 is 0 Å². The first-order valence-electron chi connectivity index (χ1n) is 8.28. The van der Waals surface area contributed by atoms with E-state index in [2.05, 4.69) is 37.2 Å². The molecule has 0 saturated carbocycles. The molecule has 3 rings (SSSR count). The number of carbonyl (C=O) groups excluding carboxylic acids is 1. The van der Waals surface area contributed by atoms with Gasteiger partial charge in [0.2, 0.25) is 5.91 Å². The molecule has 0 unspecified atom stereocenters. The van der Waals surface area contributed by atoms with Crippen LogP contribution in [-0.4, -0.2) is 28.9 Å². The van der Waals surface area contributed by atoms with E-state index in [9.17, 15) is 4.79 Å². The van der Waals surface area contributed by atoms with Gasteiger partial charge in [0.1, 0.15) is 5.82 Å². The summed E-state index contributed by atoms with van der Waals surface area (Å²) in [7, 11) is 0. The number of hydrogen-bond donors (Lipinski definition) is 1. The lowest BCUT2D eigenvalue weighted by Crippen LogP contribution is -2.40. The molecule has 1 saturated heterocycles. The van der Waals surface area contributed by atoms with Gasteiger partial charge >= 0.3 is 0 Å². The second-order valence-corrected chi connectivity index (χ2v) is 7.15. The van der Waals surface area contributed by atoms with Crippen molar-refractivity contribution in [1.29, 1.82) is 5.26 Å². The number of hydrogen-bond acceptors (Lipinski definition) is 4. The van der Waals surface area contributed by atoms with Gasteiger partial charge in [-0.3, -0.25) is 9.69 Å². The number of nitriles is 1. The number of carbonyl (C=O) groups is 1. The largest absolute Gasteiger partial charge is 0.310 e. The highest BCUT2D eigenvalue weighted by atomic mass is 79.9. The first-order chi connectivity index (χ1) is 12.1. The van der Waals surface area contributed by atoms with Crippen LogP contribution >= 0.6 is 15.9 Å². The number of halogens is 1. The smallest absolute Gasteiger partial charge is 0.229 e. The molecular formula is C19H19BrN4O. The van der Waals surface area contributed by atoms with Gasteiger partial charge in [0.25, 0.3) is 0 Å². The van der Waals surface area contributed by atoms with Crippen molar-refractivity contribution in [3.63, 3.8) is 0 Å². The summed E-state index contributed by atoms with van der Waals surface area (Å²) in [5.41, 5.74) is 1.83. The van der Waals surface area contributed by atoms with Crippen LogP contribution in [0.4, 0.5) is 5.82 Å². The summed E-state index contributed by atoms with van der Waals surface area (Å²) in [5.74, 6) is 0.578. The lowest BCUT2D eigenvalue weighted by atomic mass is 9.96. The van der Waals surface area contributed by atoms with E-state index in [0.717, 1.165) is 42.5 Å². The van der Waals surface area contributed by atoms with Crippen molar-refractivity contribution < 1.29 is 4.79 Å². The lowest BCUT2D eigenvalue weighted by molar-refractivity contribution is -0.121. The molecule has 0 spiro atoms. The zero-order chi connectivity index (χ0) is 17.6. The van der Waals surface area contributed by atoms with Gasteiger partial charge in [-0.05, 0) is 65.1 Å². The lowest BCUT2D eigenvalue weighted by Gasteiger charge is -2.32. The van der Waals surface area contributed by atoms with Crippen molar-refractivity contribution in [2.75, 3.05) is 18.4 Å². The molecular weight excluding hydrogens is 380 g/mol. The molecule has 1 atom stereocenters. The van der Waals surface area contributed by atoms with Crippen molar-refractivity contribution in [3.05, 3.63) is 58.2 Å². The van der Waals surface area contributed by atoms with E-state index in [-0.39, 0.29) is 11.8 Å². The third-order valence-electron chi connectivity index (χ3n) is 4.34. The normalized spacial score (nSPS) is 17.7. The van der Waals surface area contributed by atoms with Crippen LogP contribution in [0.3, 0.4) is 0 Å². The number of benzene rings is 1. The highest BCUT2D eigenvalue weighted by molar-refractivity contribution is 9.10. The molecule has 2 aromatic rings. The molecule has 1 aromatic heterocycles. The van der Waals surface area contributed by atoms with Crippen LogP contribution in [0.1, 0.15) is 24.0 Å². The van der Waals surface area contributed by atoms with Gasteiger partial charge in [-0.1, -0.05) is 12.1 Å². The topological polar surface area (TPSA) is 69.0 Å². The molecule has 1 aromatic carbocycles. The minimum atomic E-state index is -0.0300. The second kappa shape index (κ2) is 8.24. The number of anilines is 1. The van der Waals surface area contributed by atoms with Crippen molar-refractivity contribution in [3.8, 4) is 6.07 Å².